The molecule has 0 N–H and O–H groups in total. The first-order valence-electron chi connectivity index (χ1n) is 5.71. The van der Waals surface area contributed by atoms with Gasteiger partial charge in [0.05, 0.1) is 0 Å². The van der Waals surface area contributed by atoms with Gasteiger partial charge in [-0.25, -0.2) is 0 Å². The van der Waals surface area contributed by atoms with Crippen LogP contribution in [0.1, 0.15) is 24.8 Å². The van der Waals surface area contributed by atoms with E-state index in [4.69, 9.17) is 13.3 Å². The number of hydrogen-bond acceptors (Lipinski definition) is 4. The number of likely N-dealkylation sites (tertiary alicyclic amines) is 1. The summed E-state index contributed by atoms with van der Waals surface area (Å²) >= 11 is -3.11. The molecule has 0 aliphatic carbocycles. The molecule has 0 saturated carbocycles. The topological polar surface area (TPSA) is 66.4 Å². The Morgan fingerprint density at radius 3 is 1.95 bits per heavy atom. The third-order valence-corrected chi connectivity index (χ3v) is 2.70. The molecule has 1 aromatic rings. The summed E-state index contributed by atoms with van der Waals surface area (Å²) in [5.74, 6) is 0. The summed E-state index contributed by atoms with van der Waals surface area (Å²) in [6.45, 7) is 3.71. The maximum absolute atomic E-state index is 8.44. The minimum Gasteiger partial charge on any atom is -0.784 e. The number of benzene rings is 1. The number of hydrogen-bond donors (Lipinski definition) is 0. The fourth-order valence-electron chi connectivity index (χ4n) is 1.96. The van der Waals surface area contributed by atoms with Crippen LogP contribution in [-0.2, 0) is 17.9 Å². The van der Waals surface area contributed by atoms with Gasteiger partial charge in [0.15, 0.2) is 0 Å². The second-order valence-electron chi connectivity index (χ2n) is 4.03. The molecule has 0 unspecified atom stereocenters. The number of rotatable bonds is 2. The van der Waals surface area contributed by atoms with Gasteiger partial charge in [-0.2, -0.15) is 0 Å². The minimum atomic E-state index is -3.11. The van der Waals surface area contributed by atoms with Crippen LogP contribution in [-0.4, -0.2) is 31.3 Å². The second-order valence-corrected chi connectivity index (χ2v) is 4.43. The van der Waals surface area contributed by atoms with Crippen LogP contribution in [0.2, 0.25) is 0 Å². The predicted molar refractivity (Wildman–Crippen MR) is 65.3 cm³/mol. The molecule has 19 heavy (non-hydrogen) atoms. The minimum absolute atomic E-state index is 0. The first-order valence-corrected chi connectivity index (χ1v) is 6.71. The quantitative estimate of drug-likeness (QED) is 0.402. The van der Waals surface area contributed by atoms with E-state index < -0.39 is 11.4 Å². The fourth-order valence-corrected chi connectivity index (χ4v) is 1.96. The van der Waals surface area contributed by atoms with E-state index in [1.165, 1.54) is 37.9 Å². The molecule has 96 valence electrons. The Morgan fingerprint density at radius 2 is 1.47 bits per heavy atom. The van der Waals surface area contributed by atoms with E-state index in [1.807, 2.05) is 0 Å². The van der Waals surface area contributed by atoms with Crippen molar-refractivity contribution >= 4 is 11.4 Å². The summed E-state index contributed by atoms with van der Waals surface area (Å²) < 4.78 is 25.3. The molecule has 0 spiro atoms. The van der Waals surface area contributed by atoms with Gasteiger partial charge >= 0.3 is 37.7 Å². The Hall–Kier alpha value is 0.445. The summed E-state index contributed by atoms with van der Waals surface area (Å²) in [7, 11) is 0. The average molecular weight is 269 g/mol. The molecule has 7 heteroatoms. The molecule has 0 radical (unpaired) electrons. The second kappa shape index (κ2) is 13.4. The van der Waals surface area contributed by atoms with Gasteiger partial charge in [0, 0.05) is 6.54 Å². The Morgan fingerprint density at radius 1 is 1.00 bits per heavy atom. The third-order valence-electron chi connectivity index (χ3n) is 2.70. The predicted octanol–water partition coefficient (Wildman–Crippen LogP) is -4.32. The molecule has 1 aliphatic rings. The van der Waals surface area contributed by atoms with Crippen LogP contribution in [0.15, 0.2) is 30.3 Å². The summed E-state index contributed by atoms with van der Waals surface area (Å²) in [4.78, 5) is 2.55. The monoisotopic (exact) mass is 269 g/mol. The average Bonchev–Trinajstić information content (AvgIpc) is 2.31. The molecule has 1 heterocycles. The largest absolute Gasteiger partial charge is 1.00 e. The van der Waals surface area contributed by atoms with Crippen LogP contribution in [0.4, 0.5) is 0 Å². The van der Waals surface area contributed by atoms with E-state index in [1.54, 1.807) is 0 Å². The summed E-state index contributed by atoms with van der Waals surface area (Å²) in [5, 5.41) is 0. The molecule has 0 atom stereocenters. The maximum Gasteiger partial charge on any atom is 1.00 e. The van der Waals surface area contributed by atoms with Gasteiger partial charge in [0.1, 0.15) is 0 Å². The zero-order valence-electron chi connectivity index (χ0n) is 11.7. The zero-order chi connectivity index (χ0) is 12.5. The number of nitrogens with zero attached hydrogens (tertiary/aromatic N) is 1. The van der Waals surface area contributed by atoms with Crippen molar-refractivity contribution in [1.82, 2.24) is 4.90 Å². The van der Waals surface area contributed by atoms with Crippen LogP contribution in [0, 0.1) is 0 Å². The third kappa shape index (κ3) is 11.9. The molecule has 1 aromatic carbocycles. The number of piperidine rings is 1. The van der Waals surface area contributed by atoms with E-state index in [9.17, 15) is 0 Å². The molecule has 1 fully saturated rings. The van der Waals surface area contributed by atoms with Gasteiger partial charge in [0.25, 0.3) is 0 Å². The zero-order valence-corrected chi connectivity index (χ0v) is 12.5. The molecular formula is C12H17Li2NO3S. The molecule has 2 rings (SSSR count). The van der Waals surface area contributed by atoms with Gasteiger partial charge in [0.2, 0.25) is 0 Å². The van der Waals surface area contributed by atoms with E-state index >= 15 is 0 Å². The summed E-state index contributed by atoms with van der Waals surface area (Å²) in [5.41, 5.74) is 1.45. The molecular weight excluding hydrogens is 252 g/mol. The van der Waals surface area contributed by atoms with E-state index in [0.29, 0.717) is 0 Å². The van der Waals surface area contributed by atoms with Crippen molar-refractivity contribution < 1.29 is 51.0 Å². The molecule has 1 aliphatic heterocycles. The van der Waals surface area contributed by atoms with Crippen molar-refractivity contribution in [3.63, 3.8) is 0 Å². The smallest absolute Gasteiger partial charge is 0.784 e. The Kier molecular flexibility index (Phi) is 15.4. The summed E-state index contributed by atoms with van der Waals surface area (Å²) in [6.07, 6.45) is 4.19. The SMILES string of the molecule is O=S([O-])[O-].[Li+].[Li+].c1ccc(CN2CCCCC2)cc1. The van der Waals surface area contributed by atoms with Gasteiger partial charge in [-0.05, 0) is 31.5 Å². The Bertz CT molecular complexity index is 331. The van der Waals surface area contributed by atoms with Crippen molar-refractivity contribution in [3.8, 4) is 0 Å². The first kappa shape index (κ1) is 21.7. The van der Waals surface area contributed by atoms with E-state index in [-0.39, 0.29) is 37.7 Å². The Balaban J connectivity index is 0. The van der Waals surface area contributed by atoms with E-state index in [0.717, 1.165) is 6.54 Å². The molecule has 0 aromatic heterocycles. The van der Waals surface area contributed by atoms with Crippen molar-refractivity contribution in [2.75, 3.05) is 13.1 Å². The standard InChI is InChI=1S/C12H17N.2Li.H2O3S/c1-3-7-12(8-4-1)11-13-9-5-2-6-10-13;;;1-4(2)3/h1,3-4,7-8H,2,5-6,9-11H2;;;(H2,1,2,3)/q;2*+1;/p-2. The van der Waals surface area contributed by atoms with Crippen LogP contribution in [0.5, 0.6) is 0 Å². The molecule has 4 nitrogen and oxygen atoms in total. The van der Waals surface area contributed by atoms with Gasteiger partial charge in [-0.3, -0.25) is 9.11 Å². The van der Waals surface area contributed by atoms with Crippen molar-refractivity contribution in [2.24, 2.45) is 0 Å². The van der Waals surface area contributed by atoms with Gasteiger partial charge in [-0.1, -0.05) is 36.8 Å². The van der Waals surface area contributed by atoms with Crippen LogP contribution >= 0.6 is 0 Å². The normalized spacial score (nSPS) is 14.7. The molecule has 0 amide bonds. The van der Waals surface area contributed by atoms with Gasteiger partial charge in [-0.15, -0.1) is 11.4 Å². The summed E-state index contributed by atoms with van der Waals surface area (Å²) in [6, 6.07) is 10.8. The molecule has 0 bridgehead atoms. The van der Waals surface area contributed by atoms with Crippen molar-refractivity contribution in [2.45, 2.75) is 25.8 Å². The molecule has 1 saturated heterocycles. The van der Waals surface area contributed by atoms with Crippen LogP contribution in [0.3, 0.4) is 0 Å². The van der Waals surface area contributed by atoms with Crippen LogP contribution in [0.25, 0.3) is 0 Å². The first-order chi connectivity index (χ1) is 8.18. The Labute approximate surface area is 141 Å². The van der Waals surface area contributed by atoms with Gasteiger partial charge < -0.3 is 9.11 Å². The van der Waals surface area contributed by atoms with E-state index in [2.05, 4.69) is 35.2 Å². The van der Waals surface area contributed by atoms with Crippen molar-refractivity contribution in [3.05, 3.63) is 35.9 Å². The maximum atomic E-state index is 8.44. The fraction of sp³-hybridized carbons (Fsp3) is 0.500. The van der Waals surface area contributed by atoms with Crippen LogP contribution < -0.4 is 37.7 Å². The van der Waals surface area contributed by atoms with Crippen molar-refractivity contribution in [1.29, 1.82) is 0 Å².